The Bertz CT molecular complexity index is 63.5. The normalized spacial score (nSPS) is 8.50. The topological polar surface area (TPSA) is 50.4 Å². The van der Waals surface area contributed by atoms with Crippen molar-refractivity contribution in [3.63, 3.8) is 0 Å². The molecule has 3 nitrogen and oxygen atoms in total. The van der Waals surface area contributed by atoms with E-state index in [0.717, 1.165) is 0 Å². The van der Waals surface area contributed by atoms with E-state index >= 15 is 0 Å². The molecule has 0 aliphatic heterocycles. The van der Waals surface area contributed by atoms with Crippen molar-refractivity contribution < 1.29 is 0 Å². The lowest BCUT2D eigenvalue weighted by Gasteiger charge is -1.90. The highest BCUT2D eigenvalue weighted by atomic mass is 35.5. The molecule has 0 radical (unpaired) electrons. The first-order chi connectivity index (χ1) is 2.81. The lowest BCUT2D eigenvalue weighted by atomic mass is 11.0. The molecule has 0 bridgehead atoms. The third-order valence-electron chi connectivity index (χ3n) is 0.497. The Morgan fingerprint density at radius 2 is 1.88 bits per heavy atom. The number of hydrogen-bond acceptors (Lipinski definition) is 1. The first-order valence-electron chi connectivity index (χ1n) is 1.71. The van der Waals surface area contributed by atoms with Gasteiger partial charge >= 0.3 is 0 Å². The molecule has 0 fully saturated rings. The van der Waals surface area contributed by atoms with Gasteiger partial charge in [-0.25, -0.2) is 0 Å². The van der Waals surface area contributed by atoms with E-state index in [0.29, 0.717) is 5.96 Å². The zero-order valence-corrected chi connectivity index (χ0v) is 6.47. The van der Waals surface area contributed by atoms with Crippen molar-refractivity contribution in [1.29, 1.82) is 0 Å². The molecule has 8 heavy (non-hydrogen) atoms. The van der Waals surface area contributed by atoms with E-state index in [2.05, 4.69) is 10.3 Å². The van der Waals surface area contributed by atoms with Crippen molar-refractivity contribution in [1.82, 2.24) is 5.32 Å². The maximum absolute atomic E-state index is 5.11. The summed E-state index contributed by atoms with van der Waals surface area (Å²) in [6.45, 7) is 0. The summed E-state index contributed by atoms with van der Waals surface area (Å²) in [6.07, 6.45) is 0. The van der Waals surface area contributed by atoms with Gasteiger partial charge in [0.2, 0.25) is 0 Å². The maximum atomic E-state index is 5.11. The largest absolute Gasteiger partial charge is 0.370 e. The summed E-state index contributed by atoms with van der Waals surface area (Å²) in [5.41, 5.74) is 5.11. The summed E-state index contributed by atoms with van der Waals surface area (Å²) in [5.74, 6) is 0.468. The fourth-order valence-corrected chi connectivity index (χ4v) is 0.112. The molecule has 0 unspecified atom stereocenters. The van der Waals surface area contributed by atoms with Gasteiger partial charge in [0.05, 0.1) is 0 Å². The average molecular weight is 160 g/mol. The molecule has 0 aliphatic carbocycles. The number of halogens is 2. The van der Waals surface area contributed by atoms with Gasteiger partial charge in [-0.1, -0.05) is 0 Å². The molecule has 5 heteroatoms. The number of hydrogen-bond donors (Lipinski definition) is 2. The van der Waals surface area contributed by atoms with Crippen LogP contribution in [-0.4, -0.2) is 20.1 Å². The third kappa shape index (κ3) is 9.28. The number of rotatable bonds is 0. The van der Waals surface area contributed by atoms with Crippen LogP contribution in [0, 0.1) is 0 Å². The van der Waals surface area contributed by atoms with Gasteiger partial charge in [-0.05, 0) is 0 Å². The molecule has 0 saturated carbocycles. The minimum absolute atomic E-state index is 0. The van der Waals surface area contributed by atoms with Gasteiger partial charge in [0.15, 0.2) is 5.96 Å². The monoisotopic (exact) mass is 159 g/mol. The molecular weight excluding hydrogens is 149 g/mol. The summed E-state index contributed by atoms with van der Waals surface area (Å²) in [6, 6.07) is 0. The van der Waals surface area contributed by atoms with Crippen LogP contribution in [0.25, 0.3) is 0 Å². The minimum atomic E-state index is 0. The van der Waals surface area contributed by atoms with Crippen molar-refractivity contribution >= 4 is 30.8 Å². The van der Waals surface area contributed by atoms with Crippen molar-refractivity contribution in [3.8, 4) is 0 Å². The summed E-state index contributed by atoms with van der Waals surface area (Å²) in [4.78, 5) is 3.59. The van der Waals surface area contributed by atoms with Gasteiger partial charge in [0, 0.05) is 14.1 Å². The van der Waals surface area contributed by atoms with Crippen molar-refractivity contribution in [2.75, 3.05) is 14.1 Å². The van der Waals surface area contributed by atoms with Crippen LogP contribution in [0.5, 0.6) is 0 Å². The van der Waals surface area contributed by atoms with Crippen molar-refractivity contribution in [2.45, 2.75) is 0 Å². The molecule has 52 valence electrons. The first-order valence-corrected chi connectivity index (χ1v) is 1.71. The molecule has 0 rings (SSSR count). The number of nitrogens with one attached hydrogen (secondary N) is 1. The summed E-state index contributed by atoms with van der Waals surface area (Å²) in [5, 5.41) is 2.64. The smallest absolute Gasteiger partial charge is 0.188 e. The van der Waals surface area contributed by atoms with Gasteiger partial charge in [-0.3, -0.25) is 4.99 Å². The Morgan fingerprint density at radius 1 is 1.50 bits per heavy atom. The molecule has 0 aromatic carbocycles. The maximum Gasteiger partial charge on any atom is 0.188 e. The predicted molar refractivity (Wildman–Crippen MR) is 41.1 cm³/mol. The molecule has 0 amide bonds. The van der Waals surface area contributed by atoms with E-state index in [9.17, 15) is 0 Å². The van der Waals surface area contributed by atoms with Gasteiger partial charge in [0.25, 0.3) is 0 Å². The number of guanidine groups is 1. The minimum Gasteiger partial charge on any atom is -0.370 e. The third-order valence-corrected chi connectivity index (χ3v) is 0.497. The van der Waals surface area contributed by atoms with E-state index in [4.69, 9.17) is 5.73 Å². The predicted octanol–water partition coefficient (Wildman–Crippen LogP) is -0.00610. The Morgan fingerprint density at radius 3 is 1.88 bits per heavy atom. The van der Waals surface area contributed by atoms with E-state index in [1.807, 2.05) is 0 Å². The Labute approximate surface area is 61.6 Å². The number of nitrogens with two attached hydrogens (primary N) is 1. The Hall–Kier alpha value is -0.150. The second kappa shape index (κ2) is 9.97. The SMILES string of the molecule is CN=C(N)NC.Cl.Cl. The molecule has 3 N–H and O–H groups in total. The lowest BCUT2D eigenvalue weighted by Crippen LogP contribution is -2.27. The van der Waals surface area contributed by atoms with E-state index in [1.54, 1.807) is 14.1 Å². The second-order valence-electron chi connectivity index (χ2n) is 0.859. The van der Waals surface area contributed by atoms with Gasteiger partial charge in [-0.2, -0.15) is 0 Å². The molecule has 0 aromatic heterocycles. The van der Waals surface area contributed by atoms with Crippen LogP contribution >= 0.6 is 24.8 Å². The average Bonchev–Trinajstić information content (AvgIpc) is 1.65. The highest BCUT2D eigenvalue weighted by molar-refractivity contribution is 5.85. The molecular formula is C3H11Cl2N3. The quantitative estimate of drug-likeness (QED) is 0.387. The summed E-state index contributed by atoms with van der Waals surface area (Å²) < 4.78 is 0. The number of nitrogens with zero attached hydrogens (tertiary/aromatic N) is 1. The fraction of sp³-hybridized carbons (Fsp3) is 0.667. The Balaban J connectivity index is -0.000000125. The van der Waals surface area contributed by atoms with Crippen molar-refractivity contribution in [2.24, 2.45) is 10.7 Å². The lowest BCUT2D eigenvalue weighted by molar-refractivity contribution is 1.12. The van der Waals surface area contributed by atoms with Crippen LogP contribution in [-0.2, 0) is 0 Å². The van der Waals surface area contributed by atoms with Crippen LogP contribution < -0.4 is 11.1 Å². The van der Waals surface area contributed by atoms with Gasteiger partial charge < -0.3 is 11.1 Å². The van der Waals surface area contributed by atoms with Crippen LogP contribution in [0.4, 0.5) is 0 Å². The molecule has 0 aliphatic rings. The second-order valence-corrected chi connectivity index (χ2v) is 0.859. The molecule has 0 spiro atoms. The van der Waals surface area contributed by atoms with Crippen LogP contribution in [0.15, 0.2) is 4.99 Å². The molecule has 0 saturated heterocycles. The zero-order chi connectivity index (χ0) is 4.99. The highest BCUT2D eigenvalue weighted by Gasteiger charge is 1.71. The first kappa shape index (κ1) is 15.7. The highest BCUT2D eigenvalue weighted by Crippen LogP contribution is 1.48. The number of aliphatic imine (C=N–C) groups is 1. The van der Waals surface area contributed by atoms with Crippen molar-refractivity contribution in [3.05, 3.63) is 0 Å². The summed E-state index contributed by atoms with van der Waals surface area (Å²) in [7, 11) is 3.36. The molecule has 0 atom stereocenters. The molecule has 0 heterocycles. The van der Waals surface area contributed by atoms with Gasteiger partial charge in [0.1, 0.15) is 0 Å². The van der Waals surface area contributed by atoms with Crippen LogP contribution in [0.1, 0.15) is 0 Å². The standard InChI is InChI=1S/C3H9N3.2ClH/c1-5-3(4)6-2;;/h1-2H3,(H3,4,5,6);2*1H. The van der Waals surface area contributed by atoms with E-state index in [-0.39, 0.29) is 24.8 Å². The van der Waals surface area contributed by atoms with Crippen LogP contribution in [0.2, 0.25) is 0 Å². The summed E-state index contributed by atoms with van der Waals surface area (Å²) >= 11 is 0. The van der Waals surface area contributed by atoms with Crippen LogP contribution in [0.3, 0.4) is 0 Å². The van der Waals surface area contributed by atoms with E-state index < -0.39 is 0 Å². The van der Waals surface area contributed by atoms with Gasteiger partial charge in [-0.15, -0.1) is 24.8 Å². The Kier molecular flexibility index (Phi) is 19.5. The zero-order valence-electron chi connectivity index (χ0n) is 4.84. The van der Waals surface area contributed by atoms with E-state index in [1.165, 1.54) is 0 Å². The molecule has 0 aromatic rings. The fourth-order valence-electron chi connectivity index (χ4n) is 0.112.